The van der Waals surface area contributed by atoms with Gasteiger partial charge in [-0.3, -0.25) is 10.1 Å². The van der Waals surface area contributed by atoms with Crippen molar-refractivity contribution in [1.29, 1.82) is 5.26 Å². The number of rotatable bonds is 4. The van der Waals surface area contributed by atoms with Crippen LogP contribution in [0.1, 0.15) is 6.42 Å². The van der Waals surface area contributed by atoms with Crippen LogP contribution in [0, 0.1) is 11.5 Å². The van der Waals surface area contributed by atoms with Crippen molar-refractivity contribution in [3.8, 4) is 16.6 Å². The van der Waals surface area contributed by atoms with Crippen LogP contribution in [-0.4, -0.2) is 41.6 Å². The van der Waals surface area contributed by atoms with E-state index in [2.05, 4.69) is 16.5 Å². The van der Waals surface area contributed by atoms with Gasteiger partial charge in [0.25, 0.3) is 5.91 Å². The van der Waals surface area contributed by atoms with Crippen LogP contribution in [0.5, 0.6) is 0 Å². The van der Waals surface area contributed by atoms with Crippen molar-refractivity contribution in [3.63, 3.8) is 0 Å². The van der Waals surface area contributed by atoms with Crippen molar-refractivity contribution in [1.82, 2.24) is 9.88 Å². The third-order valence-corrected chi connectivity index (χ3v) is 4.92. The Morgan fingerprint density at radius 1 is 1.48 bits per heavy atom. The van der Waals surface area contributed by atoms with Gasteiger partial charge in [0.1, 0.15) is 0 Å². The lowest BCUT2D eigenvalue weighted by atomic mass is 10.0. The molecular formula is C16H16N4O2S. The van der Waals surface area contributed by atoms with E-state index in [0.29, 0.717) is 18.1 Å². The van der Waals surface area contributed by atoms with Gasteiger partial charge in [-0.05, 0) is 5.56 Å². The fourth-order valence-corrected chi connectivity index (χ4v) is 3.41. The van der Waals surface area contributed by atoms with E-state index in [1.807, 2.05) is 30.3 Å². The number of thiazole rings is 1. The number of benzene rings is 1. The maximum atomic E-state index is 12.6. The zero-order valence-electron chi connectivity index (χ0n) is 12.7. The maximum Gasteiger partial charge on any atom is 0.260 e. The smallest absolute Gasteiger partial charge is 0.260 e. The molecule has 0 saturated carbocycles. The van der Waals surface area contributed by atoms with E-state index in [4.69, 9.17) is 10.00 Å². The molecule has 2 aromatic rings. The van der Waals surface area contributed by atoms with Gasteiger partial charge in [0.2, 0.25) is 0 Å². The molecule has 1 aromatic carbocycles. The number of nitriles is 1. The Hall–Kier alpha value is -2.43. The molecule has 1 N–H and O–H groups in total. The number of nitrogens with zero attached hydrogens (tertiary/aromatic N) is 3. The molecule has 0 radical (unpaired) electrons. The Morgan fingerprint density at radius 3 is 2.91 bits per heavy atom. The molecule has 1 fully saturated rings. The molecule has 3 rings (SSSR count). The number of methoxy groups -OCH3 is 1. The normalized spacial score (nSPS) is 20.3. The molecule has 1 amide bonds. The van der Waals surface area contributed by atoms with Gasteiger partial charge < -0.3 is 9.64 Å². The molecule has 23 heavy (non-hydrogen) atoms. The first kappa shape index (κ1) is 15.5. The summed E-state index contributed by atoms with van der Waals surface area (Å²) >= 11 is 1.41. The predicted molar refractivity (Wildman–Crippen MR) is 87.7 cm³/mol. The number of amides is 1. The summed E-state index contributed by atoms with van der Waals surface area (Å²) in [4.78, 5) is 19.3. The largest absolute Gasteiger partial charge is 0.366 e. The fraction of sp³-hybridized carbons (Fsp3) is 0.312. The molecule has 1 aromatic heterocycles. The maximum absolute atomic E-state index is 12.6. The second kappa shape index (κ2) is 6.36. The van der Waals surface area contributed by atoms with Crippen LogP contribution in [0.2, 0.25) is 0 Å². The van der Waals surface area contributed by atoms with E-state index >= 15 is 0 Å². The minimum absolute atomic E-state index is 0.258. The Labute approximate surface area is 138 Å². The highest BCUT2D eigenvalue weighted by Gasteiger charge is 2.45. The topological polar surface area (TPSA) is 78.2 Å². The molecule has 0 unspecified atom stereocenters. The lowest BCUT2D eigenvalue weighted by Gasteiger charge is -2.24. The van der Waals surface area contributed by atoms with Crippen molar-refractivity contribution in [2.75, 3.05) is 25.5 Å². The summed E-state index contributed by atoms with van der Waals surface area (Å²) in [5, 5.41) is 12.3. The number of hydrogen-bond acceptors (Lipinski definition) is 6. The molecule has 7 heteroatoms. The molecule has 6 nitrogen and oxygen atoms in total. The highest BCUT2D eigenvalue weighted by atomic mass is 32.1. The van der Waals surface area contributed by atoms with E-state index in [1.165, 1.54) is 23.3 Å². The number of carbonyl (C=O) groups is 1. The SMILES string of the molecule is CO[C@@]1(C(=O)Nc2ncc(-c3ccccc3)s2)CCN(C#N)C1. The van der Waals surface area contributed by atoms with E-state index in [0.717, 1.165) is 10.4 Å². The van der Waals surface area contributed by atoms with Gasteiger partial charge in [0.15, 0.2) is 16.9 Å². The summed E-state index contributed by atoms with van der Waals surface area (Å²) in [7, 11) is 1.50. The van der Waals surface area contributed by atoms with E-state index < -0.39 is 5.60 Å². The molecule has 0 spiro atoms. The lowest BCUT2D eigenvalue weighted by Crippen LogP contribution is -2.46. The number of likely N-dealkylation sites (tertiary alicyclic amines) is 1. The fourth-order valence-electron chi connectivity index (χ4n) is 2.59. The molecule has 1 saturated heterocycles. The molecular weight excluding hydrogens is 312 g/mol. The second-order valence-electron chi connectivity index (χ2n) is 5.32. The Morgan fingerprint density at radius 2 is 2.26 bits per heavy atom. The number of aromatic nitrogens is 1. The number of nitrogens with one attached hydrogen (secondary N) is 1. The Balaban J connectivity index is 1.74. The first-order valence-electron chi connectivity index (χ1n) is 7.19. The van der Waals surface area contributed by atoms with Crippen LogP contribution < -0.4 is 5.32 Å². The van der Waals surface area contributed by atoms with Crippen LogP contribution in [-0.2, 0) is 9.53 Å². The van der Waals surface area contributed by atoms with Gasteiger partial charge >= 0.3 is 0 Å². The number of hydrogen-bond donors (Lipinski definition) is 1. The number of carbonyl (C=O) groups excluding carboxylic acids is 1. The summed E-state index contributed by atoms with van der Waals surface area (Å²) in [5.74, 6) is -0.258. The van der Waals surface area contributed by atoms with Crippen molar-refractivity contribution in [2.45, 2.75) is 12.0 Å². The quantitative estimate of drug-likeness (QED) is 0.872. The van der Waals surface area contributed by atoms with Crippen LogP contribution in [0.4, 0.5) is 5.13 Å². The lowest BCUT2D eigenvalue weighted by molar-refractivity contribution is -0.136. The Bertz CT molecular complexity index is 740. The molecule has 118 valence electrons. The van der Waals surface area contributed by atoms with Crippen molar-refractivity contribution >= 4 is 22.4 Å². The summed E-state index contributed by atoms with van der Waals surface area (Å²) in [6.07, 6.45) is 4.28. The monoisotopic (exact) mass is 328 g/mol. The van der Waals surface area contributed by atoms with Gasteiger partial charge in [-0.25, -0.2) is 4.98 Å². The number of anilines is 1. The van der Waals surface area contributed by atoms with Gasteiger partial charge in [0.05, 0.1) is 11.4 Å². The summed E-state index contributed by atoms with van der Waals surface area (Å²) in [6.45, 7) is 0.785. The zero-order chi connectivity index (χ0) is 16.3. The minimum Gasteiger partial charge on any atom is -0.366 e. The van der Waals surface area contributed by atoms with Gasteiger partial charge in [-0.1, -0.05) is 41.7 Å². The van der Waals surface area contributed by atoms with E-state index in [9.17, 15) is 4.79 Å². The first-order chi connectivity index (χ1) is 11.2. The molecule has 1 atom stereocenters. The van der Waals surface area contributed by atoms with Crippen LogP contribution >= 0.6 is 11.3 Å². The van der Waals surface area contributed by atoms with Gasteiger partial charge in [-0.15, -0.1) is 0 Å². The van der Waals surface area contributed by atoms with Crippen molar-refractivity contribution in [3.05, 3.63) is 36.5 Å². The van der Waals surface area contributed by atoms with Gasteiger partial charge in [-0.2, -0.15) is 5.26 Å². The van der Waals surface area contributed by atoms with Crippen molar-refractivity contribution in [2.24, 2.45) is 0 Å². The summed E-state index contributed by atoms with van der Waals surface area (Å²) in [6, 6.07) is 9.87. The van der Waals surface area contributed by atoms with Crippen LogP contribution in [0.25, 0.3) is 10.4 Å². The standard InChI is InChI=1S/C16H16N4O2S/c1-22-16(7-8-20(10-16)11-17)14(21)19-15-18-9-13(23-15)12-5-3-2-4-6-12/h2-6,9H,7-8,10H2,1H3,(H,18,19,21)/t16-/m0/s1. The molecule has 1 aliphatic heterocycles. The first-order valence-corrected chi connectivity index (χ1v) is 8.01. The molecule has 1 aliphatic rings. The average Bonchev–Trinajstić information content (AvgIpc) is 3.23. The van der Waals surface area contributed by atoms with E-state index in [-0.39, 0.29) is 12.5 Å². The third-order valence-electron chi connectivity index (χ3n) is 3.96. The average molecular weight is 328 g/mol. The highest BCUT2D eigenvalue weighted by Crippen LogP contribution is 2.31. The molecule has 0 aliphatic carbocycles. The zero-order valence-corrected chi connectivity index (χ0v) is 13.5. The molecule has 2 heterocycles. The molecule has 0 bridgehead atoms. The summed E-state index contributed by atoms with van der Waals surface area (Å²) < 4.78 is 5.43. The third kappa shape index (κ3) is 3.04. The van der Waals surface area contributed by atoms with Crippen LogP contribution in [0.15, 0.2) is 36.5 Å². The minimum atomic E-state index is -0.992. The predicted octanol–water partition coefficient (Wildman–Crippen LogP) is 2.32. The van der Waals surface area contributed by atoms with Crippen molar-refractivity contribution < 1.29 is 9.53 Å². The Kier molecular flexibility index (Phi) is 4.28. The van der Waals surface area contributed by atoms with Crippen LogP contribution in [0.3, 0.4) is 0 Å². The van der Waals surface area contributed by atoms with E-state index in [1.54, 1.807) is 6.20 Å². The number of ether oxygens (including phenoxy) is 1. The van der Waals surface area contributed by atoms with Gasteiger partial charge in [0, 0.05) is 26.3 Å². The highest BCUT2D eigenvalue weighted by molar-refractivity contribution is 7.19. The summed E-state index contributed by atoms with van der Waals surface area (Å²) in [5.41, 5.74) is 0.0670. The second-order valence-corrected chi connectivity index (χ2v) is 6.35.